The molecule has 0 spiro atoms. The quantitative estimate of drug-likeness (QED) is 0.156. The Labute approximate surface area is 391 Å². The molecule has 3 aromatic heterocycles. The number of nitrogens with zero attached hydrogens (tertiary/aromatic N) is 5. The monoisotopic (exact) mass is 865 g/mol. The second-order valence-electron chi connectivity index (χ2n) is 17.6. The zero-order chi connectivity index (χ0) is 44.7. The molecule has 0 atom stereocenters. The summed E-state index contributed by atoms with van der Waals surface area (Å²) in [5, 5.41) is 12.2. The van der Waals surface area contributed by atoms with E-state index in [-0.39, 0.29) is 0 Å². The van der Waals surface area contributed by atoms with Crippen molar-refractivity contribution in [3.63, 3.8) is 0 Å². The Bertz CT molecular complexity index is 4270. The van der Waals surface area contributed by atoms with Crippen molar-refractivity contribution in [1.82, 2.24) is 24.1 Å². The zero-order valence-electron chi connectivity index (χ0n) is 36.8. The molecule has 0 radical (unpaired) electrons. The van der Waals surface area contributed by atoms with Crippen LogP contribution in [0.25, 0.3) is 133 Å². The van der Waals surface area contributed by atoms with Gasteiger partial charge in [-0.2, -0.15) is 9.97 Å². The predicted molar refractivity (Wildman–Crippen MR) is 283 cm³/mol. The number of hydrogen-bond acceptors (Lipinski definition) is 3. The highest BCUT2D eigenvalue weighted by Gasteiger charge is 2.22. The molecule has 0 amide bonds. The van der Waals surface area contributed by atoms with Crippen LogP contribution in [0.1, 0.15) is 0 Å². The maximum atomic E-state index is 5.33. The van der Waals surface area contributed by atoms with E-state index in [2.05, 4.69) is 221 Å². The van der Waals surface area contributed by atoms with Gasteiger partial charge in [-0.05, 0) is 85.4 Å². The third kappa shape index (κ3) is 5.93. The molecule has 3 heterocycles. The van der Waals surface area contributed by atoms with Gasteiger partial charge < -0.3 is 4.57 Å². The van der Waals surface area contributed by atoms with E-state index in [1.54, 1.807) is 0 Å². The second-order valence-corrected chi connectivity index (χ2v) is 17.6. The van der Waals surface area contributed by atoms with Gasteiger partial charge >= 0.3 is 0 Å². The molecule has 5 nitrogen and oxygen atoms in total. The van der Waals surface area contributed by atoms with Crippen molar-refractivity contribution in [3.05, 3.63) is 237 Å². The van der Waals surface area contributed by atoms with Crippen LogP contribution in [0.5, 0.6) is 0 Å². The molecule has 68 heavy (non-hydrogen) atoms. The lowest BCUT2D eigenvalue weighted by Crippen LogP contribution is -2.06. The first kappa shape index (κ1) is 38.1. The molecule has 11 aromatic carbocycles. The van der Waals surface area contributed by atoms with Gasteiger partial charge in [-0.1, -0.05) is 200 Å². The highest BCUT2D eigenvalue weighted by atomic mass is 15.2. The average Bonchev–Trinajstić information content (AvgIpc) is 3.92. The molecule has 0 unspecified atom stereocenters. The molecule has 0 saturated carbocycles. The summed E-state index contributed by atoms with van der Waals surface area (Å²) in [6, 6.07) is 84.7. The molecule has 0 bridgehead atoms. The number of para-hydroxylation sites is 3. The summed E-state index contributed by atoms with van der Waals surface area (Å²) in [6.45, 7) is 0. The lowest BCUT2D eigenvalue weighted by Gasteiger charge is -2.16. The van der Waals surface area contributed by atoms with Gasteiger partial charge in [0.1, 0.15) is 0 Å². The Morgan fingerprint density at radius 1 is 0.235 bits per heavy atom. The zero-order valence-corrected chi connectivity index (χ0v) is 36.8. The highest BCUT2D eigenvalue weighted by molar-refractivity contribution is 6.26. The fraction of sp³-hybridized carbons (Fsp3) is 0. The normalized spacial score (nSPS) is 11.8. The van der Waals surface area contributed by atoms with E-state index in [0.29, 0.717) is 17.6 Å². The Morgan fingerprint density at radius 3 is 1.29 bits per heavy atom. The van der Waals surface area contributed by atoms with E-state index in [1.807, 2.05) is 24.3 Å². The van der Waals surface area contributed by atoms with Gasteiger partial charge in [0.15, 0.2) is 11.6 Å². The number of aromatic nitrogens is 5. The van der Waals surface area contributed by atoms with Gasteiger partial charge in [0.05, 0.1) is 27.8 Å². The minimum atomic E-state index is 0.561. The molecule has 316 valence electrons. The summed E-state index contributed by atoms with van der Waals surface area (Å²) in [6.07, 6.45) is 0. The van der Waals surface area contributed by atoms with Crippen LogP contribution in [-0.4, -0.2) is 24.1 Å². The van der Waals surface area contributed by atoms with Crippen LogP contribution in [-0.2, 0) is 0 Å². The average molecular weight is 866 g/mol. The van der Waals surface area contributed by atoms with Crippen LogP contribution in [0.2, 0.25) is 0 Å². The van der Waals surface area contributed by atoms with Crippen LogP contribution in [0.4, 0.5) is 0 Å². The smallest absolute Gasteiger partial charge is 0.238 e. The third-order valence-electron chi connectivity index (χ3n) is 13.8. The number of hydrogen-bond donors (Lipinski definition) is 0. The molecule has 5 heteroatoms. The van der Waals surface area contributed by atoms with Crippen molar-refractivity contribution in [2.24, 2.45) is 0 Å². The molecule has 0 saturated heterocycles. The minimum absolute atomic E-state index is 0.561. The van der Waals surface area contributed by atoms with E-state index < -0.39 is 0 Å². The molecule has 0 fully saturated rings. The van der Waals surface area contributed by atoms with E-state index in [4.69, 9.17) is 15.0 Å². The fourth-order valence-corrected chi connectivity index (χ4v) is 10.6. The molecule has 0 N–H and O–H groups in total. The van der Waals surface area contributed by atoms with Crippen molar-refractivity contribution >= 4 is 75.9 Å². The topological polar surface area (TPSA) is 48.5 Å². The first-order valence-electron chi connectivity index (χ1n) is 23.1. The van der Waals surface area contributed by atoms with Gasteiger partial charge in [-0.3, -0.25) is 4.57 Å². The lowest BCUT2D eigenvalue weighted by molar-refractivity contribution is 0.953. The third-order valence-corrected chi connectivity index (χ3v) is 13.8. The standard InChI is InChI=1S/C63H39N5/c1-3-17-40(18-4-1)41-31-33-43(34-32-41)62-64-61(42-19-5-2-6-20-42)65-63(66-62)68-58-30-16-13-27-52(58)55-38-54-51-26-12-15-29-57(51)67(59(54)39-60(55)68)56-28-14-11-21-45(56)44-35-36-50-48-24-8-7-22-46(48)47-23-9-10-25-49(47)53(50)37-44/h1-39H. The summed E-state index contributed by atoms with van der Waals surface area (Å²) in [5.41, 5.74) is 11.9. The first-order chi connectivity index (χ1) is 33.7. The van der Waals surface area contributed by atoms with Crippen LogP contribution < -0.4 is 0 Å². The molecule has 14 aromatic rings. The molecular weight excluding hydrogens is 827 g/mol. The Kier molecular flexibility index (Phi) is 8.52. The van der Waals surface area contributed by atoms with Gasteiger partial charge in [0.2, 0.25) is 5.95 Å². The van der Waals surface area contributed by atoms with Crippen molar-refractivity contribution in [3.8, 4) is 56.7 Å². The summed E-state index contributed by atoms with van der Waals surface area (Å²) in [5.74, 6) is 1.79. The summed E-state index contributed by atoms with van der Waals surface area (Å²) in [7, 11) is 0. The number of fused-ring (bicyclic) bond motifs is 12. The van der Waals surface area contributed by atoms with Crippen LogP contribution in [0, 0.1) is 0 Å². The first-order valence-corrected chi connectivity index (χ1v) is 23.1. The molecule has 0 aliphatic rings. The van der Waals surface area contributed by atoms with Gasteiger partial charge in [-0.25, -0.2) is 4.98 Å². The predicted octanol–water partition coefficient (Wildman–Crippen LogP) is 16.2. The summed E-state index contributed by atoms with van der Waals surface area (Å²) < 4.78 is 4.68. The second kappa shape index (κ2) is 15.2. The largest absolute Gasteiger partial charge is 0.309 e. The van der Waals surface area contributed by atoms with Crippen molar-refractivity contribution in [2.45, 2.75) is 0 Å². The van der Waals surface area contributed by atoms with E-state index in [9.17, 15) is 0 Å². The maximum absolute atomic E-state index is 5.33. The van der Waals surface area contributed by atoms with Crippen molar-refractivity contribution in [2.75, 3.05) is 0 Å². The fourth-order valence-electron chi connectivity index (χ4n) is 10.6. The van der Waals surface area contributed by atoms with Crippen LogP contribution in [0.3, 0.4) is 0 Å². The van der Waals surface area contributed by atoms with Crippen LogP contribution in [0.15, 0.2) is 237 Å². The summed E-state index contributed by atoms with van der Waals surface area (Å²) in [4.78, 5) is 15.8. The maximum Gasteiger partial charge on any atom is 0.238 e. The SMILES string of the molecule is c1ccc(-c2ccc(-c3nc(-c4ccccc4)nc(-n4c5ccccc5c5cc6c7ccccc7n(-c7ccccc7-c7ccc8c9ccccc9c9ccccc9c8c7)c6cc54)n3)cc2)cc1. The number of rotatable bonds is 6. The van der Waals surface area contributed by atoms with E-state index in [1.165, 1.54) is 43.1 Å². The van der Waals surface area contributed by atoms with E-state index >= 15 is 0 Å². The van der Waals surface area contributed by atoms with Crippen molar-refractivity contribution < 1.29 is 0 Å². The molecule has 14 rings (SSSR count). The molecule has 0 aliphatic carbocycles. The summed E-state index contributed by atoms with van der Waals surface area (Å²) >= 11 is 0. The van der Waals surface area contributed by atoms with Gasteiger partial charge in [0, 0.05) is 38.2 Å². The van der Waals surface area contributed by atoms with Crippen LogP contribution >= 0.6 is 0 Å². The van der Waals surface area contributed by atoms with Gasteiger partial charge in [0.25, 0.3) is 0 Å². The van der Waals surface area contributed by atoms with Crippen molar-refractivity contribution in [1.29, 1.82) is 0 Å². The Hall–Kier alpha value is -9.19. The Morgan fingerprint density at radius 2 is 0.662 bits per heavy atom. The number of benzene rings is 11. The van der Waals surface area contributed by atoms with E-state index in [0.717, 1.165) is 71.9 Å². The lowest BCUT2D eigenvalue weighted by atomic mass is 9.92. The molecular formula is C63H39N5. The molecule has 0 aliphatic heterocycles. The Balaban J connectivity index is 1.01. The minimum Gasteiger partial charge on any atom is -0.309 e. The highest BCUT2D eigenvalue weighted by Crippen LogP contribution is 2.43. The van der Waals surface area contributed by atoms with Gasteiger partial charge in [-0.15, -0.1) is 0 Å².